The van der Waals surface area contributed by atoms with E-state index in [1.807, 2.05) is 31.4 Å². The van der Waals surface area contributed by atoms with E-state index >= 15 is 0 Å². The lowest BCUT2D eigenvalue weighted by atomic mass is 10.0. The molecule has 0 fully saturated rings. The number of carbonyl (C=O) groups excluding carboxylic acids is 3. The Labute approximate surface area is 224 Å². The largest absolute Gasteiger partial charge is 0.390 e. The lowest BCUT2D eigenvalue weighted by Gasteiger charge is -2.25. The van der Waals surface area contributed by atoms with E-state index < -0.39 is 24.0 Å². The Morgan fingerprint density at radius 2 is 1.70 bits per heavy atom. The van der Waals surface area contributed by atoms with Gasteiger partial charge in [0.15, 0.2) is 0 Å². The van der Waals surface area contributed by atoms with E-state index in [9.17, 15) is 19.5 Å². The fraction of sp³-hybridized carbons (Fsp3) is 0.536. The number of primary amides is 1. The van der Waals surface area contributed by atoms with Gasteiger partial charge in [-0.2, -0.15) is 0 Å². The molecule has 2 rings (SSSR count). The van der Waals surface area contributed by atoms with E-state index in [1.54, 1.807) is 16.2 Å². The first kappa shape index (κ1) is 30.5. The van der Waals surface area contributed by atoms with Crippen LogP contribution in [0.3, 0.4) is 0 Å². The minimum Gasteiger partial charge on any atom is -0.390 e. The molecule has 0 aliphatic carbocycles. The summed E-state index contributed by atoms with van der Waals surface area (Å²) in [6.45, 7) is 10.5. The number of aliphatic hydroxyl groups is 1. The topological polar surface area (TPSA) is 125 Å². The maximum Gasteiger partial charge on any atom is 0.253 e. The molecule has 0 spiro atoms. The quantitative estimate of drug-likeness (QED) is 0.248. The van der Waals surface area contributed by atoms with Gasteiger partial charge in [-0.3, -0.25) is 14.4 Å². The minimum atomic E-state index is -0.830. The highest BCUT2D eigenvalue weighted by molar-refractivity contribution is 7.09. The van der Waals surface area contributed by atoms with Gasteiger partial charge < -0.3 is 26.4 Å². The molecule has 0 radical (unpaired) electrons. The van der Waals surface area contributed by atoms with Gasteiger partial charge in [0.05, 0.1) is 12.1 Å². The second-order valence-corrected chi connectivity index (χ2v) is 10.8. The van der Waals surface area contributed by atoms with Crippen LogP contribution in [-0.2, 0) is 6.42 Å². The second kappa shape index (κ2) is 15.5. The number of hydrogen-bond acceptors (Lipinski definition) is 6. The molecule has 1 aromatic heterocycles. The molecule has 0 saturated carbocycles. The molecule has 0 bridgehead atoms. The van der Waals surface area contributed by atoms with Crippen LogP contribution < -0.4 is 16.4 Å². The van der Waals surface area contributed by atoms with Crippen LogP contribution in [0.5, 0.6) is 0 Å². The molecule has 37 heavy (non-hydrogen) atoms. The van der Waals surface area contributed by atoms with Crippen molar-refractivity contribution in [1.82, 2.24) is 15.5 Å². The Morgan fingerprint density at radius 3 is 2.27 bits per heavy atom. The molecule has 1 heterocycles. The third-order valence-corrected chi connectivity index (χ3v) is 6.93. The monoisotopic (exact) mass is 530 g/mol. The van der Waals surface area contributed by atoms with Crippen molar-refractivity contribution in [3.8, 4) is 0 Å². The number of hydrogen-bond donors (Lipinski definition) is 4. The number of rotatable bonds is 16. The number of benzene rings is 1. The van der Waals surface area contributed by atoms with Crippen LogP contribution in [0.4, 0.5) is 0 Å². The Kier molecular flexibility index (Phi) is 12.8. The summed E-state index contributed by atoms with van der Waals surface area (Å²) >= 11 is 1.55. The van der Waals surface area contributed by atoms with Crippen LogP contribution in [0.15, 0.2) is 35.7 Å². The average molecular weight is 531 g/mol. The van der Waals surface area contributed by atoms with Gasteiger partial charge in [0.25, 0.3) is 11.8 Å². The standard InChI is InChI=1S/C28H42N4O4S/c1-5-11-32(12-6-2)28(36)22-15-20(26(29)34)14-21(16-22)27(35)31-24(17-23-8-7-13-37-23)25(33)18-30-10-9-19(3)4/h7-8,13-16,19,24-25,30,33H,5-6,9-12,17-18H2,1-4H3,(H2,29,34)(H,31,35)/t24-,25+/m0/s1. The van der Waals surface area contributed by atoms with E-state index in [2.05, 4.69) is 24.5 Å². The first-order chi connectivity index (χ1) is 17.7. The number of thiophene rings is 1. The van der Waals surface area contributed by atoms with Crippen molar-refractivity contribution >= 4 is 29.1 Å². The molecule has 9 heteroatoms. The number of aliphatic hydroxyl groups excluding tert-OH is 1. The highest BCUT2D eigenvalue weighted by atomic mass is 32.1. The summed E-state index contributed by atoms with van der Waals surface area (Å²) in [5.41, 5.74) is 6.02. The molecule has 2 atom stereocenters. The lowest BCUT2D eigenvalue weighted by molar-refractivity contribution is 0.0755. The molecular weight excluding hydrogens is 488 g/mol. The summed E-state index contributed by atoms with van der Waals surface area (Å²) in [4.78, 5) is 41.3. The Morgan fingerprint density at radius 1 is 1.05 bits per heavy atom. The summed E-state index contributed by atoms with van der Waals surface area (Å²) in [6.07, 6.45) is 2.20. The van der Waals surface area contributed by atoms with Gasteiger partial charge in [-0.1, -0.05) is 33.8 Å². The first-order valence-corrected chi connectivity index (χ1v) is 14.0. The lowest BCUT2D eigenvalue weighted by Crippen LogP contribution is -2.48. The molecule has 2 aromatic rings. The third-order valence-electron chi connectivity index (χ3n) is 6.04. The summed E-state index contributed by atoms with van der Waals surface area (Å²) < 4.78 is 0. The summed E-state index contributed by atoms with van der Waals surface area (Å²) in [7, 11) is 0. The molecule has 0 saturated heterocycles. The fourth-order valence-corrected chi connectivity index (χ4v) is 4.79. The van der Waals surface area contributed by atoms with Gasteiger partial charge in [0.2, 0.25) is 5.91 Å². The van der Waals surface area contributed by atoms with Crippen molar-refractivity contribution in [3.63, 3.8) is 0 Å². The third kappa shape index (κ3) is 9.91. The molecular formula is C28H42N4O4S. The van der Waals surface area contributed by atoms with Crippen molar-refractivity contribution in [1.29, 1.82) is 0 Å². The first-order valence-electron chi connectivity index (χ1n) is 13.1. The predicted molar refractivity (Wildman–Crippen MR) is 149 cm³/mol. The van der Waals surface area contributed by atoms with E-state index in [-0.39, 0.29) is 22.6 Å². The van der Waals surface area contributed by atoms with Crippen molar-refractivity contribution in [2.45, 2.75) is 65.5 Å². The average Bonchev–Trinajstić information content (AvgIpc) is 3.38. The smallest absolute Gasteiger partial charge is 0.253 e. The van der Waals surface area contributed by atoms with Crippen LogP contribution >= 0.6 is 11.3 Å². The molecule has 0 aliphatic rings. The predicted octanol–water partition coefficient (Wildman–Crippen LogP) is 3.45. The van der Waals surface area contributed by atoms with Gasteiger partial charge in [0, 0.05) is 47.6 Å². The minimum absolute atomic E-state index is 0.0923. The molecule has 1 aromatic carbocycles. The van der Waals surface area contributed by atoms with E-state index in [1.165, 1.54) is 18.2 Å². The maximum absolute atomic E-state index is 13.4. The van der Waals surface area contributed by atoms with E-state index in [4.69, 9.17) is 5.73 Å². The van der Waals surface area contributed by atoms with Crippen LogP contribution in [0, 0.1) is 5.92 Å². The molecule has 3 amide bonds. The molecule has 8 nitrogen and oxygen atoms in total. The van der Waals surface area contributed by atoms with Crippen molar-refractivity contribution in [2.24, 2.45) is 11.7 Å². The van der Waals surface area contributed by atoms with Gasteiger partial charge in [0.1, 0.15) is 0 Å². The normalized spacial score (nSPS) is 12.8. The fourth-order valence-electron chi connectivity index (χ4n) is 4.03. The maximum atomic E-state index is 13.4. The Bertz CT molecular complexity index is 1000. The van der Waals surface area contributed by atoms with Gasteiger partial charge in [-0.15, -0.1) is 11.3 Å². The summed E-state index contributed by atoms with van der Waals surface area (Å²) in [5.74, 6) is -0.889. The zero-order valence-electron chi connectivity index (χ0n) is 22.5. The van der Waals surface area contributed by atoms with Crippen molar-refractivity contribution in [2.75, 3.05) is 26.2 Å². The van der Waals surface area contributed by atoms with Crippen molar-refractivity contribution in [3.05, 3.63) is 57.3 Å². The molecule has 5 N–H and O–H groups in total. The molecule has 0 unspecified atom stereocenters. The highest BCUT2D eigenvalue weighted by Gasteiger charge is 2.25. The second-order valence-electron chi connectivity index (χ2n) is 9.77. The van der Waals surface area contributed by atoms with Crippen LogP contribution in [0.2, 0.25) is 0 Å². The molecule has 204 valence electrons. The van der Waals surface area contributed by atoms with Crippen molar-refractivity contribution < 1.29 is 19.5 Å². The van der Waals surface area contributed by atoms with E-state index in [0.717, 1.165) is 30.7 Å². The van der Waals surface area contributed by atoms with Crippen LogP contribution in [0.1, 0.15) is 82.9 Å². The number of nitrogens with two attached hydrogens (primary N) is 1. The molecule has 0 aliphatic heterocycles. The SMILES string of the molecule is CCCN(CCC)C(=O)c1cc(C(N)=O)cc(C(=O)N[C@@H](Cc2cccs2)[C@H](O)CNCCC(C)C)c1. The van der Waals surface area contributed by atoms with Gasteiger partial charge in [-0.05, 0) is 61.4 Å². The van der Waals surface area contributed by atoms with E-state index in [0.29, 0.717) is 32.0 Å². The Balaban J connectivity index is 2.28. The zero-order chi connectivity index (χ0) is 27.4. The number of nitrogens with zero attached hydrogens (tertiary/aromatic N) is 1. The van der Waals surface area contributed by atoms with Gasteiger partial charge >= 0.3 is 0 Å². The number of amides is 3. The highest BCUT2D eigenvalue weighted by Crippen LogP contribution is 2.17. The van der Waals surface area contributed by atoms with Crippen LogP contribution in [0.25, 0.3) is 0 Å². The number of nitrogens with one attached hydrogen (secondary N) is 2. The summed E-state index contributed by atoms with van der Waals surface area (Å²) in [6, 6.07) is 7.66. The van der Waals surface area contributed by atoms with Crippen LogP contribution in [-0.4, -0.2) is 66.1 Å². The Hall–Kier alpha value is -2.75. The van der Waals surface area contributed by atoms with Gasteiger partial charge in [-0.25, -0.2) is 0 Å². The zero-order valence-corrected chi connectivity index (χ0v) is 23.3. The summed E-state index contributed by atoms with van der Waals surface area (Å²) in [5, 5.41) is 19.1. The number of carbonyl (C=O) groups is 3.